The average Bonchev–Trinajstić information content (AvgIpc) is 2.40. The van der Waals surface area contributed by atoms with Crippen LogP contribution in [0.5, 0.6) is 0 Å². The van der Waals surface area contributed by atoms with E-state index in [4.69, 9.17) is 4.74 Å². The molecule has 4 nitrogen and oxygen atoms in total. The summed E-state index contributed by atoms with van der Waals surface area (Å²) in [4.78, 5) is 25.5. The van der Waals surface area contributed by atoms with Gasteiger partial charge in [0, 0.05) is 11.5 Å². The van der Waals surface area contributed by atoms with Crippen molar-refractivity contribution in [3.05, 3.63) is 33.8 Å². The van der Waals surface area contributed by atoms with Crippen LogP contribution < -0.4 is 0 Å². The fraction of sp³-hybridized carbons (Fsp3) is 0.467. The molecule has 1 aromatic carbocycles. The van der Waals surface area contributed by atoms with Crippen molar-refractivity contribution < 1.29 is 14.3 Å². The van der Waals surface area contributed by atoms with E-state index in [0.29, 0.717) is 0 Å². The molecule has 0 atom stereocenters. The number of benzene rings is 1. The van der Waals surface area contributed by atoms with E-state index in [1.54, 1.807) is 20.9 Å². The van der Waals surface area contributed by atoms with Gasteiger partial charge in [-0.3, -0.25) is 4.79 Å². The van der Waals surface area contributed by atoms with E-state index in [0.717, 1.165) is 15.6 Å². The molecule has 0 aromatic heterocycles. The molecule has 0 aliphatic rings. The van der Waals surface area contributed by atoms with Crippen molar-refractivity contribution in [2.45, 2.75) is 32.7 Å². The molecule has 0 saturated carbocycles. The molecule has 5 heteroatoms. The standard InChI is InChI=1S/C15H20BrNO3/c1-10-7-6-8-12(16)11(10)9-13(18)17(4)15(2,3)14(19)20-5/h6-8H,9H2,1-5H3. The fourth-order valence-electron chi connectivity index (χ4n) is 1.86. The second kappa shape index (κ2) is 6.39. The third-order valence-corrected chi connectivity index (χ3v) is 4.32. The number of methoxy groups -OCH3 is 1. The number of carbonyl (C=O) groups is 2. The Labute approximate surface area is 128 Å². The number of hydrogen-bond acceptors (Lipinski definition) is 3. The molecular formula is C15H20BrNO3. The topological polar surface area (TPSA) is 46.6 Å². The van der Waals surface area contributed by atoms with Crippen molar-refractivity contribution in [3.63, 3.8) is 0 Å². The summed E-state index contributed by atoms with van der Waals surface area (Å²) < 4.78 is 5.64. The predicted octanol–water partition coefficient (Wildman–Crippen LogP) is 2.71. The molecule has 1 rings (SSSR count). The Morgan fingerprint density at radius 1 is 1.35 bits per heavy atom. The molecule has 1 amide bonds. The summed E-state index contributed by atoms with van der Waals surface area (Å²) in [6.45, 7) is 5.30. The average molecular weight is 342 g/mol. The molecule has 0 aliphatic heterocycles. The van der Waals surface area contributed by atoms with Crippen LogP contribution in [0.1, 0.15) is 25.0 Å². The van der Waals surface area contributed by atoms with Gasteiger partial charge in [0.15, 0.2) is 0 Å². The van der Waals surface area contributed by atoms with E-state index in [9.17, 15) is 9.59 Å². The van der Waals surface area contributed by atoms with Crippen LogP contribution in [0.3, 0.4) is 0 Å². The van der Waals surface area contributed by atoms with Crippen LogP contribution in [-0.4, -0.2) is 36.5 Å². The molecular weight excluding hydrogens is 322 g/mol. The minimum absolute atomic E-state index is 0.129. The number of likely N-dealkylation sites (N-methyl/N-ethyl adjacent to an activating group) is 1. The summed E-state index contributed by atoms with van der Waals surface area (Å²) in [6.07, 6.45) is 0.240. The van der Waals surface area contributed by atoms with Gasteiger partial charge in [0.25, 0.3) is 0 Å². The first kappa shape index (κ1) is 16.7. The molecule has 110 valence electrons. The zero-order valence-electron chi connectivity index (χ0n) is 12.5. The van der Waals surface area contributed by atoms with Crippen LogP contribution in [-0.2, 0) is 20.7 Å². The summed E-state index contributed by atoms with van der Waals surface area (Å²) in [7, 11) is 2.94. The van der Waals surface area contributed by atoms with E-state index >= 15 is 0 Å². The van der Waals surface area contributed by atoms with Crippen LogP contribution >= 0.6 is 15.9 Å². The highest BCUT2D eigenvalue weighted by Gasteiger charge is 2.36. The SMILES string of the molecule is COC(=O)C(C)(C)N(C)C(=O)Cc1c(C)cccc1Br. The number of amides is 1. The summed E-state index contributed by atoms with van der Waals surface area (Å²) in [5.41, 5.74) is 0.989. The Bertz CT molecular complexity index is 506. The summed E-state index contributed by atoms with van der Waals surface area (Å²) in [5.74, 6) is -0.562. The molecule has 0 heterocycles. The number of nitrogens with zero attached hydrogens (tertiary/aromatic N) is 1. The first-order valence-electron chi connectivity index (χ1n) is 6.31. The second-order valence-electron chi connectivity index (χ2n) is 5.22. The van der Waals surface area contributed by atoms with Crippen molar-refractivity contribution in [2.24, 2.45) is 0 Å². The molecule has 1 aromatic rings. The first-order valence-corrected chi connectivity index (χ1v) is 7.10. The number of esters is 1. The highest BCUT2D eigenvalue weighted by atomic mass is 79.9. The molecule has 0 N–H and O–H groups in total. The molecule has 0 bridgehead atoms. The zero-order chi connectivity index (χ0) is 15.5. The number of ether oxygens (including phenoxy) is 1. The Morgan fingerprint density at radius 2 is 1.95 bits per heavy atom. The summed E-state index contributed by atoms with van der Waals surface area (Å²) >= 11 is 3.46. The Hall–Kier alpha value is -1.36. The van der Waals surface area contributed by atoms with Crippen molar-refractivity contribution >= 4 is 27.8 Å². The minimum atomic E-state index is -0.985. The lowest BCUT2D eigenvalue weighted by Crippen LogP contribution is -2.51. The fourth-order valence-corrected chi connectivity index (χ4v) is 2.46. The van der Waals surface area contributed by atoms with Gasteiger partial charge in [0.2, 0.25) is 5.91 Å². The van der Waals surface area contributed by atoms with Crippen LogP contribution in [0.4, 0.5) is 0 Å². The maximum atomic E-state index is 12.4. The van der Waals surface area contributed by atoms with Crippen LogP contribution in [0.15, 0.2) is 22.7 Å². The van der Waals surface area contributed by atoms with Crippen molar-refractivity contribution in [3.8, 4) is 0 Å². The van der Waals surface area contributed by atoms with E-state index in [2.05, 4.69) is 15.9 Å². The van der Waals surface area contributed by atoms with Crippen LogP contribution in [0.25, 0.3) is 0 Å². The quantitative estimate of drug-likeness (QED) is 0.791. The molecule has 0 aliphatic carbocycles. The Morgan fingerprint density at radius 3 is 2.45 bits per heavy atom. The van der Waals surface area contributed by atoms with Gasteiger partial charge in [0.05, 0.1) is 13.5 Å². The number of hydrogen-bond donors (Lipinski definition) is 0. The van der Waals surface area contributed by atoms with Gasteiger partial charge in [-0.15, -0.1) is 0 Å². The molecule has 20 heavy (non-hydrogen) atoms. The van der Waals surface area contributed by atoms with Gasteiger partial charge in [0.1, 0.15) is 5.54 Å². The normalized spacial score (nSPS) is 11.1. The predicted molar refractivity (Wildman–Crippen MR) is 81.4 cm³/mol. The lowest BCUT2D eigenvalue weighted by Gasteiger charge is -2.33. The minimum Gasteiger partial charge on any atom is -0.467 e. The smallest absolute Gasteiger partial charge is 0.331 e. The molecule has 0 unspecified atom stereocenters. The monoisotopic (exact) mass is 341 g/mol. The van der Waals surface area contributed by atoms with Crippen molar-refractivity contribution in [1.82, 2.24) is 4.90 Å². The lowest BCUT2D eigenvalue weighted by atomic mass is 10.0. The first-order chi connectivity index (χ1) is 9.21. The van der Waals surface area contributed by atoms with Crippen LogP contribution in [0, 0.1) is 6.92 Å². The van der Waals surface area contributed by atoms with Gasteiger partial charge in [-0.25, -0.2) is 4.79 Å². The molecule has 0 spiro atoms. The van der Waals surface area contributed by atoms with E-state index in [1.165, 1.54) is 12.0 Å². The van der Waals surface area contributed by atoms with Crippen molar-refractivity contribution in [2.75, 3.05) is 14.2 Å². The van der Waals surface area contributed by atoms with E-state index in [1.807, 2.05) is 25.1 Å². The maximum Gasteiger partial charge on any atom is 0.331 e. The van der Waals surface area contributed by atoms with Gasteiger partial charge in [-0.05, 0) is 38.0 Å². The molecule has 0 radical (unpaired) electrons. The largest absolute Gasteiger partial charge is 0.467 e. The lowest BCUT2D eigenvalue weighted by molar-refractivity contribution is -0.157. The summed E-state index contributed by atoms with van der Waals surface area (Å²) in [6, 6.07) is 5.79. The van der Waals surface area contributed by atoms with Crippen molar-refractivity contribution in [1.29, 1.82) is 0 Å². The molecule has 0 saturated heterocycles. The van der Waals surface area contributed by atoms with Gasteiger partial charge < -0.3 is 9.64 Å². The highest BCUT2D eigenvalue weighted by Crippen LogP contribution is 2.23. The third-order valence-electron chi connectivity index (χ3n) is 3.58. The number of rotatable bonds is 4. The van der Waals surface area contributed by atoms with Crippen LogP contribution in [0.2, 0.25) is 0 Å². The molecule has 0 fully saturated rings. The highest BCUT2D eigenvalue weighted by molar-refractivity contribution is 9.10. The number of halogens is 1. The van der Waals surface area contributed by atoms with Gasteiger partial charge >= 0.3 is 5.97 Å². The third kappa shape index (κ3) is 3.39. The van der Waals surface area contributed by atoms with E-state index < -0.39 is 11.5 Å². The van der Waals surface area contributed by atoms with Gasteiger partial charge in [-0.1, -0.05) is 28.1 Å². The maximum absolute atomic E-state index is 12.4. The summed E-state index contributed by atoms with van der Waals surface area (Å²) in [5, 5.41) is 0. The van der Waals surface area contributed by atoms with E-state index in [-0.39, 0.29) is 12.3 Å². The second-order valence-corrected chi connectivity index (χ2v) is 6.07. The number of aryl methyl sites for hydroxylation is 1. The van der Waals surface area contributed by atoms with Gasteiger partial charge in [-0.2, -0.15) is 0 Å². The number of carbonyl (C=O) groups excluding carboxylic acids is 2. The Balaban J connectivity index is 2.94. The zero-order valence-corrected chi connectivity index (χ0v) is 14.1. The Kier molecular flexibility index (Phi) is 5.34.